The Morgan fingerprint density at radius 1 is 1.21 bits per heavy atom. The minimum absolute atomic E-state index is 0.0135. The minimum Gasteiger partial charge on any atom is -0.396 e. The van der Waals surface area contributed by atoms with Crippen LogP contribution in [-0.4, -0.2) is 35.6 Å². The lowest BCUT2D eigenvalue weighted by Gasteiger charge is -2.29. The van der Waals surface area contributed by atoms with Gasteiger partial charge in [0, 0.05) is 32.0 Å². The highest BCUT2D eigenvalue weighted by Crippen LogP contribution is 2.14. The minimum atomic E-state index is -0.304. The first kappa shape index (κ1) is 17.9. The Labute approximate surface area is 116 Å². The van der Waals surface area contributed by atoms with Gasteiger partial charge in [-0.15, -0.1) is 0 Å². The molecule has 0 radical (unpaired) electrons. The van der Waals surface area contributed by atoms with Crippen LogP contribution in [0.4, 0.5) is 0 Å². The van der Waals surface area contributed by atoms with E-state index in [9.17, 15) is 9.59 Å². The van der Waals surface area contributed by atoms with Gasteiger partial charge in [-0.3, -0.25) is 9.59 Å². The summed E-state index contributed by atoms with van der Waals surface area (Å²) in [5.74, 6) is 0.0257. The standard InChI is InChI=1S/C14H28N2O3/c1-4-14(3,9-11-17)16-13(19)8-6-5-7-10-15-12(2)18/h17H,4-11H2,1-3H3,(H,15,18)(H,16,19). The normalized spacial score (nSPS) is 13.7. The molecule has 2 amide bonds. The Kier molecular flexibility index (Phi) is 9.21. The van der Waals surface area contributed by atoms with Crippen LogP contribution in [-0.2, 0) is 9.59 Å². The Balaban J connectivity index is 3.71. The van der Waals surface area contributed by atoms with E-state index in [1.807, 2.05) is 13.8 Å². The van der Waals surface area contributed by atoms with Gasteiger partial charge in [-0.2, -0.15) is 0 Å². The third kappa shape index (κ3) is 9.47. The first-order valence-corrected chi connectivity index (χ1v) is 7.10. The molecule has 5 heteroatoms. The number of unbranched alkanes of at least 4 members (excludes halogenated alkanes) is 2. The summed E-state index contributed by atoms with van der Waals surface area (Å²) >= 11 is 0. The maximum absolute atomic E-state index is 11.8. The SMILES string of the molecule is CCC(C)(CCO)NC(=O)CCCCCNC(C)=O. The average Bonchev–Trinajstić information content (AvgIpc) is 2.33. The molecule has 1 atom stereocenters. The lowest BCUT2D eigenvalue weighted by atomic mass is 9.94. The molecule has 0 bridgehead atoms. The van der Waals surface area contributed by atoms with Crippen LogP contribution in [0.2, 0.25) is 0 Å². The third-order valence-electron chi connectivity index (χ3n) is 3.34. The predicted octanol–water partition coefficient (Wildman–Crippen LogP) is 1.35. The number of hydrogen-bond donors (Lipinski definition) is 3. The fourth-order valence-corrected chi connectivity index (χ4v) is 1.83. The van der Waals surface area contributed by atoms with Crippen molar-refractivity contribution in [1.29, 1.82) is 0 Å². The third-order valence-corrected chi connectivity index (χ3v) is 3.34. The number of nitrogens with one attached hydrogen (secondary N) is 2. The van der Waals surface area contributed by atoms with E-state index in [4.69, 9.17) is 5.11 Å². The van der Waals surface area contributed by atoms with E-state index in [-0.39, 0.29) is 24.0 Å². The number of rotatable bonds is 10. The van der Waals surface area contributed by atoms with Crippen LogP contribution in [0.25, 0.3) is 0 Å². The molecule has 3 N–H and O–H groups in total. The van der Waals surface area contributed by atoms with Crippen LogP contribution >= 0.6 is 0 Å². The largest absolute Gasteiger partial charge is 0.396 e. The molecule has 0 saturated carbocycles. The van der Waals surface area contributed by atoms with Crippen molar-refractivity contribution in [1.82, 2.24) is 10.6 Å². The second kappa shape index (κ2) is 9.78. The van der Waals surface area contributed by atoms with Crippen molar-refractivity contribution in [2.45, 2.75) is 64.8 Å². The number of aliphatic hydroxyl groups is 1. The highest BCUT2D eigenvalue weighted by molar-refractivity contribution is 5.76. The van der Waals surface area contributed by atoms with Crippen LogP contribution < -0.4 is 10.6 Å². The molecule has 0 rings (SSSR count). The first-order valence-electron chi connectivity index (χ1n) is 7.10. The van der Waals surface area contributed by atoms with Crippen molar-refractivity contribution in [2.75, 3.05) is 13.2 Å². The Morgan fingerprint density at radius 2 is 1.89 bits per heavy atom. The lowest BCUT2D eigenvalue weighted by Crippen LogP contribution is -2.46. The summed E-state index contributed by atoms with van der Waals surface area (Å²) in [7, 11) is 0. The lowest BCUT2D eigenvalue weighted by molar-refractivity contribution is -0.123. The number of carbonyl (C=O) groups is 2. The van der Waals surface area contributed by atoms with Crippen molar-refractivity contribution in [3.8, 4) is 0 Å². The number of carbonyl (C=O) groups excluding carboxylic acids is 2. The van der Waals surface area contributed by atoms with Crippen molar-refractivity contribution < 1.29 is 14.7 Å². The van der Waals surface area contributed by atoms with Crippen molar-refractivity contribution in [3.05, 3.63) is 0 Å². The van der Waals surface area contributed by atoms with Crippen LogP contribution in [0.15, 0.2) is 0 Å². The van der Waals surface area contributed by atoms with E-state index < -0.39 is 0 Å². The Morgan fingerprint density at radius 3 is 2.42 bits per heavy atom. The van der Waals surface area contributed by atoms with Crippen LogP contribution in [0.3, 0.4) is 0 Å². The molecule has 0 aliphatic rings. The molecule has 0 aromatic carbocycles. The van der Waals surface area contributed by atoms with Gasteiger partial charge in [0.2, 0.25) is 11.8 Å². The maximum atomic E-state index is 11.8. The van der Waals surface area contributed by atoms with Gasteiger partial charge in [0.05, 0.1) is 0 Å². The van der Waals surface area contributed by atoms with E-state index in [1.54, 1.807) is 0 Å². The summed E-state index contributed by atoms with van der Waals surface area (Å²) in [6, 6.07) is 0. The molecule has 0 aliphatic carbocycles. The molecule has 0 fully saturated rings. The topological polar surface area (TPSA) is 78.4 Å². The molecule has 1 unspecified atom stereocenters. The van der Waals surface area contributed by atoms with E-state index in [0.29, 0.717) is 19.4 Å². The number of hydrogen-bond acceptors (Lipinski definition) is 3. The monoisotopic (exact) mass is 272 g/mol. The van der Waals surface area contributed by atoms with Crippen LogP contribution in [0, 0.1) is 0 Å². The summed E-state index contributed by atoms with van der Waals surface area (Å²) < 4.78 is 0. The Hall–Kier alpha value is -1.10. The quantitative estimate of drug-likeness (QED) is 0.525. The molecule has 19 heavy (non-hydrogen) atoms. The summed E-state index contributed by atoms with van der Waals surface area (Å²) in [6.07, 6.45) is 4.54. The van der Waals surface area contributed by atoms with E-state index in [1.165, 1.54) is 6.92 Å². The van der Waals surface area contributed by atoms with Crippen molar-refractivity contribution >= 4 is 11.8 Å². The first-order chi connectivity index (χ1) is 8.93. The molecule has 0 aliphatic heterocycles. The van der Waals surface area contributed by atoms with Crippen LogP contribution in [0.1, 0.15) is 59.3 Å². The maximum Gasteiger partial charge on any atom is 0.220 e. The van der Waals surface area contributed by atoms with Gasteiger partial charge < -0.3 is 15.7 Å². The smallest absolute Gasteiger partial charge is 0.220 e. The second-order valence-corrected chi connectivity index (χ2v) is 5.23. The second-order valence-electron chi connectivity index (χ2n) is 5.23. The van der Waals surface area contributed by atoms with E-state index in [2.05, 4.69) is 10.6 Å². The van der Waals surface area contributed by atoms with Crippen molar-refractivity contribution in [3.63, 3.8) is 0 Å². The molecular weight excluding hydrogens is 244 g/mol. The summed E-state index contributed by atoms with van der Waals surface area (Å²) in [6.45, 7) is 6.22. The summed E-state index contributed by atoms with van der Waals surface area (Å²) in [5.41, 5.74) is -0.304. The Bertz CT molecular complexity index is 282. The van der Waals surface area contributed by atoms with Gasteiger partial charge in [-0.25, -0.2) is 0 Å². The summed E-state index contributed by atoms with van der Waals surface area (Å²) in [5, 5.41) is 14.7. The average molecular weight is 272 g/mol. The predicted molar refractivity (Wildman–Crippen MR) is 75.7 cm³/mol. The van der Waals surface area contributed by atoms with Gasteiger partial charge in [-0.1, -0.05) is 13.3 Å². The molecular formula is C14H28N2O3. The zero-order valence-corrected chi connectivity index (χ0v) is 12.4. The molecule has 0 heterocycles. The number of aliphatic hydroxyl groups excluding tert-OH is 1. The summed E-state index contributed by atoms with van der Waals surface area (Å²) in [4.78, 5) is 22.4. The van der Waals surface area contributed by atoms with Gasteiger partial charge in [0.15, 0.2) is 0 Å². The van der Waals surface area contributed by atoms with E-state index in [0.717, 1.165) is 25.7 Å². The molecule has 0 aromatic heterocycles. The van der Waals surface area contributed by atoms with Gasteiger partial charge >= 0.3 is 0 Å². The fraction of sp³-hybridized carbons (Fsp3) is 0.857. The zero-order chi connectivity index (χ0) is 14.7. The van der Waals surface area contributed by atoms with Gasteiger partial charge in [0.25, 0.3) is 0 Å². The van der Waals surface area contributed by atoms with Gasteiger partial charge in [0.1, 0.15) is 0 Å². The highest BCUT2D eigenvalue weighted by Gasteiger charge is 2.22. The van der Waals surface area contributed by atoms with Gasteiger partial charge in [-0.05, 0) is 32.6 Å². The molecule has 5 nitrogen and oxygen atoms in total. The molecule has 0 aromatic rings. The van der Waals surface area contributed by atoms with E-state index >= 15 is 0 Å². The highest BCUT2D eigenvalue weighted by atomic mass is 16.3. The zero-order valence-electron chi connectivity index (χ0n) is 12.4. The molecule has 112 valence electrons. The number of amides is 2. The molecule has 0 spiro atoms. The fourth-order valence-electron chi connectivity index (χ4n) is 1.83. The van der Waals surface area contributed by atoms with Crippen molar-refractivity contribution in [2.24, 2.45) is 0 Å². The molecule has 0 saturated heterocycles. The van der Waals surface area contributed by atoms with Crippen LogP contribution in [0.5, 0.6) is 0 Å².